The number of hydrogen-bond donors (Lipinski definition) is 1. The van der Waals surface area contributed by atoms with Gasteiger partial charge < -0.3 is 10.2 Å². The van der Waals surface area contributed by atoms with Gasteiger partial charge in [-0.3, -0.25) is 9.69 Å². The minimum Gasteiger partial charge on any atom is -0.340 e. The highest BCUT2D eigenvalue weighted by Gasteiger charge is 2.21. The van der Waals surface area contributed by atoms with Gasteiger partial charge in [0.2, 0.25) is 5.91 Å². The lowest BCUT2D eigenvalue weighted by molar-refractivity contribution is -0.132. The molecule has 0 aromatic heterocycles. The van der Waals surface area contributed by atoms with Crippen molar-refractivity contribution in [3.8, 4) is 0 Å². The van der Waals surface area contributed by atoms with Gasteiger partial charge in [0.1, 0.15) is 0 Å². The van der Waals surface area contributed by atoms with E-state index in [1.54, 1.807) is 0 Å². The molecule has 3 rings (SSSR count). The summed E-state index contributed by atoms with van der Waals surface area (Å²) in [6.07, 6.45) is 0.647. The number of rotatable bonds is 3. The van der Waals surface area contributed by atoms with Crippen LogP contribution in [0, 0.1) is 0 Å². The molecule has 110 valence electrons. The molecule has 1 fully saturated rings. The monoisotopic (exact) mass is 295 g/mol. The lowest BCUT2D eigenvalue weighted by atomic mass is 10.1. The van der Waals surface area contributed by atoms with Crippen LogP contribution in [0.4, 0.5) is 0 Å². The van der Waals surface area contributed by atoms with E-state index in [9.17, 15) is 4.79 Å². The summed E-state index contributed by atoms with van der Waals surface area (Å²) in [4.78, 5) is 16.5. The van der Waals surface area contributed by atoms with E-state index in [4.69, 9.17) is 0 Å². The molecular formula is C15H22ClN3O. The predicted molar refractivity (Wildman–Crippen MR) is 81.9 cm³/mol. The van der Waals surface area contributed by atoms with Crippen LogP contribution in [0.5, 0.6) is 0 Å². The van der Waals surface area contributed by atoms with E-state index in [2.05, 4.69) is 34.5 Å². The number of piperazine rings is 1. The van der Waals surface area contributed by atoms with Gasteiger partial charge in [-0.25, -0.2) is 0 Å². The average molecular weight is 296 g/mol. The molecule has 0 unspecified atom stereocenters. The molecule has 0 atom stereocenters. The van der Waals surface area contributed by atoms with Crippen molar-refractivity contribution >= 4 is 18.3 Å². The van der Waals surface area contributed by atoms with E-state index in [-0.39, 0.29) is 12.4 Å². The molecule has 1 saturated heterocycles. The van der Waals surface area contributed by atoms with Crippen LogP contribution in [0.2, 0.25) is 0 Å². The van der Waals surface area contributed by atoms with Crippen molar-refractivity contribution in [2.45, 2.75) is 19.5 Å². The van der Waals surface area contributed by atoms with Crippen LogP contribution in [-0.2, 0) is 17.9 Å². The van der Waals surface area contributed by atoms with Gasteiger partial charge in [0.05, 0.1) is 0 Å². The first-order valence-electron chi connectivity index (χ1n) is 7.10. The summed E-state index contributed by atoms with van der Waals surface area (Å²) >= 11 is 0. The van der Waals surface area contributed by atoms with Gasteiger partial charge in [-0.2, -0.15) is 0 Å². The predicted octanol–water partition coefficient (Wildman–Crippen LogP) is 1.25. The Morgan fingerprint density at radius 2 is 1.70 bits per heavy atom. The average Bonchev–Trinajstić information content (AvgIpc) is 2.88. The molecule has 0 aliphatic carbocycles. The van der Waals surface area contributed by atoms with E-state index < -0.39 is 0 Å². The molecular weight excluding hydrogens is 274 g/mol. The largest absolute Gasteiger partial charge is 0.340 e. The molecule has 5 heteroatoms. The summed E-state index contributed by atoms with van der Waals surface area (Å²) in [6.45, 7) is 6.44. The van der Waals surface area contributed by atoms with Crippen LogP contribution >= 0.6 is 12.4 Å². The fourth-order valence-electron chi connectivity index (χ4n) is 2.89. The minimum absolute atomic E-state index is 0. The second kappa shape index (κ2) is 7.07. The molecule has 0 saturated carbocycles. The molecule has 2 aliphatic rings. The molecule has 4 nitrogen and oxygen atoms in total. The molecule has 1 aromatic rings. The third kappa shape index (κ3) is 3.51. The van der Waals surface area contributed by atoms with Crippen LogP contribution in [0.1, 0.15) is 17.5 Å². The number of amides is 1. The van der Waals surface area contributed by atoms with Crippen molar-refractivity contribution in [1.29, 1.82) is 0 Å². The Morgan fingerprint density at radius 1 is 1.10 bits per heavy atom. The van der Waals surface area contributed by atoms with Gasteiger partial charge in [0.25, 0.3) is 0 Å². The first-order chi connectivity index (χ1) is 9.33. The maximum atomic E-state index is 12.1. The van der Waals surface area contributed by atoms with Gasteiger partial charge >= 0.3 is 0 Å². The van der Waals surface area contributed by atoms with E-state index in [0.29, 0.717) is 12.3 Å². The van der Waals surface area contributed by atoms with Gasteiger partial charge in [0, 0.05) is 52.2 Å². The summed E-state index contributed by atoms with van der Waals surface area (Å²) in [5.41, 5.74) is 2.83. The van der Waals surface area contributed by atoms with E-state index in [1.807, 2.05) is 4.90 Å². The fraction of sp³-hybridized carbons (Fsp3) is 0.533. The number of benzene rings is 1. The summed E-state index contributed by atoms with van der Waals surface area (Å²) in [6, 6.07) is 8.56. The van der Waals surface area contributed by atoms with E-state index >= 15 is 0 Å². The maximum absolute atomic E-state index is 12.1. The SMILES string of the molecule is Cl.O=C(CCN1Cc2ccccc2C1)N1CCNCC1. The molecule has 2 aliphatic heterocycles. The third-order valence-electron chi connectivity index (χ3n) is 4.02. The van der Waals surface area contributed by atoms with E-state index in [0.717, 1.165) is 45.8 Å². The zero-order valence-electron chi connectivity index (χ0n) is 11.7. The molecule has 0 radical (unpaired) electrons. The Bertz CT molecular complexity index is 435. The van der Waals surface area contributed by atoms with Gasteiger partial charge in [-0.05, 0) is 11.1 Å². The minimum atomic E-state index is 0. The van der Waals surface area contributed by atoms with E-state index in [1.165, 1.54) is 11.1 Å². The maximum Gasteiger partial charge on any atom is 0.223 e. The summed E-state index contributed by atoms with van der Waals surface area (Å²) in [7, 11) is 0. The Hall–Kier alpha value is -1.10. The van der Waals surface area contributed by atoms with Crippen LogP contribution < -0.4 is 5.32 Å². The van der Waals surface area contributed by atoms with Crippen LogP contribution in [0.3, 0.4) is 0 Å². The van der Waals surface area contributed by atoms with Gasteiger partial charge in [0.15, 0.2) is 0 Å². The second-order valence-electron chi connectivity index (χ2n) is 5.36. The molecule has 0 bridgehead atoms. The third-order valence-corrected chi connectivity index (χ3v) is 4.02. The number of carbonyl (C=O) groups is 1. The zero-order chi connectivity index (χ0) is 13.1. The highest BCUT2D eigenvalue weighted by molar-refractivity contribution is 5.85. The van der Waals surface area contributed by atoms with Crippen LogP contribution in [0.25, 0.3) is 0 Å². The molecule has 20 heavy (non-hydrogen) atoms. The molecule has 1 N–H and O–H groups in total. The van der Waals surface area contributed by atoms with Crippen molar-refractivity contribution in [3.63, 3.8) is 0 Å². The molecule has 1 aromatic carbocycles. The first-order valence-corrected chi connectivity index (χ1v) is 7.10. The van der Waals surface area contributed by atoms with Crippen molar-refractivity contribution in [3.05, 3.63) is 35.4 Å². The Kier molecular flexibility index (Phi) is 5.40. The highest BCUT2D eigenvalue weighted by atomic mass is 35.5. The van der Waals surface area contributed by atoms with Crippen LogP contribution in [0.15, 0.2) is 24.3 Å². The van der Waals surface area contributed by atoms with Crippen molar-refractivity contribution < 1.29 is 4.79 Å². The number of nitrogens with zero attached hydrogens (tertiary/aromatic N) is 2. The number of hydrogen-bond acceptors (Lipinski definition) is 3. The summed E-state index contributed by atoms with van der Waals surface area (Å²) < 4.78 is 0. The second-order valence-corrected chi connectivity index (χ2v) is 5.36. The highest BCUT2D eigenvalue weighted by Crippen LogP contribution is 2.22. The number of nitrogens with one attached hydrogen (secondary N) is 1. The number of halogens is 1. The Balaban J connectivity index is 0.00000147. The lowest BCUT2D eigenvalue weighted by Gasteiger charge is -2.28. The summed E-state index contributed by atoms with van der Waals surface area (Å²) in [5, 5.41) is 3.27. The lowest BCUT2D eigenvalue weighted by Crippen LogP contribution is -2.46. The van der Waals surface area contributed by atoms with Gasteiger partial charge in [-0.1, -0.05) is 24.3 Å². The smallest absolute Gasteiger partial charge is 0.223 e. The van der Waals surface area contributed by atoms with Crippen LogP contribution in [-0.4, -0.2) is 48.4 Å². The number of carbonyl (C=O) groups excluding carboxylic acids is 1. The zero-order valence-corrected chi connectivity index (χ0v) is 12.5. The topological polar surface area (TPSA) is 35.6 Å². The van der Waals surface area contributed by atoms with Crippen molar-refractivity contribution in [2.24, 2.45) is 0 Å². The Labute approximate surface area is 126 Å². The van der Waals surface area contributed by atoms with Gasteiger partial charge in [-0.15, -0.1) is 12.4 Å². The normalized spacial score (nSPS) is 18.5. The number of fused-ring (bicyclic) bond motifs is 1. The van der Waals surface area contributed by atoms with Crippen molar-refractivity contribution in [1.82, 2.24) is 15.1 Å². The molecule has 0 spiro atoms. The Morgan fingerprint density at radius 3 is 2.30 bits per heavy atom. The standard InChI is InChI=1S/C15H21N3O.ClH/c19-15(18-9-6-16-7-10-18)5-8-17-11-13-3-1-2-4-14(13)12-17;/h1-4,16H,5-12H2;1H. The first kappa shape index (κ1) is 15.3. The fourth-order valence-corrected chi connectivity index (χ4v) is 2.89. The quantitative estimate of drug-likeness (QED) is 0.911. The summed E-state index contributed by atoms with van der Waals surface area (Å²) in [5.74, 6) is 0.303. The molecule has 2 heterocycles. The van der Waals surface area contributed by atoms with Crippen molar-refractivity contribution in [2.75, 3.05) is 32.7 Å². The molecule has 1 amide bonds.